The Balaban J connectivity index is 2.66. The molecule has 0 saturated carbocycles. The van der Waals surface area contributed by atoms with Gasteiger partial charge in [0.1, 0.15) is 24.5 Å². The molecule has 134 valence electrons. The first-order valence-electron chi connectivity index (χ1n) is 8.07. The molecule has 1 aromatic rings. The lowest BCUT2D eigenvalue weighted by atomic mass is 10.1. The Bertz CT molecular complexity index is 684. The molecular weight excluding hydrogens is 318 g/mol. The Morgan fingerprint density at radius 3 is 2.68 bits per heavy atom. The van der Waals surface area contributed by atoms with Crippen LogP contribution in [-0.4, -0.2) is 35.8 Å². The summed E-state index contributed by atoms with van der Waals surface area (Å²) in [5.41, 5.74) is 0.293. The first kappa shape index (κ1) is 20.5. The maximum atomic E-state index is 11.7. The van der Waals surface area contributed by atoms with Crippen molar-refractivity contribution in [3.05, 3.63) is 23.8 Å². The normalized spacial score (nSPS) is 12.2. The zero-order valence-electron chi connectivity index (χ0n) is 15.1. The molecule has 1 amide bonds. The van der Waals surface area contributed by atoms with Gasteiger partial charge in [-0.15, -0.1) is 6.42 Å². The molecule has 0 aliphatic heterocycles. The third kappa shape index (κ3) is 6.84. The summed E-state index contributed by atoms with van der Waals surface area (Å²) in [5.74, 6) is 2.64. The highest BCUT2D eigenvalue weighted by Gasteiger charge is 2.16. The molecule has 25 heavy (non-hydrogen) atoms. The van der Waals surface area contributed by atoms with Crippen molar-refractivity contribution in [1.82, 2.24) is 5.32 Å². The lowest BCUT2D eigenvalue weighted by molar-refractivity contribution is -0.118. The van der Waals surface area contributed by atoms with Gasteiger partial charge in [0.15, 0.2) is 0 Å². The maximum Gasteiger partial charge on any atom is 0.226 e. The van der Waals surface area contributed by atoms with Crippen LogP contribution in [0.15, 0.2) is 18.2 Å². The van der Waals surface area contributed by atoms with Crippen LogP contribution >= 0.6 is 0 Å². The number of benzene rings is 1. The van der Waals surface area contributed by atoms with Crippen molar-refractivity contribution in [3.8, 4) is 24.2 Å². The third-order valence-corrected chi connectivity index (χ3v) is 3.46. The van der Waals surface area contributed by atoms with E-state index in [-0.39, 0.29) is 30.5 Å². The van der Waals surface area contributed by atoms with Gasteiger partial charge in [0.25, 0.3) is 0 Å². The number of β-amino-alcohol motifs (C(OH)–C–C–N with tert-alkyl or cyclic N) is 1. The van der Waals surface area contributed by atoms with Crippen LogP contribution in [0, 0.1) is 29.6 Å². The number of nitrogens with one attached hydrogen (secondary N) is 2. The topological polar surface area (TPSA) is 94.4 Å². The van der Waals surface area contributed by atoms with E-state index in [0.717, 1.165) is 0 Å². The van der Waals surface area contributed by atoms with Gasteiger partial charge in [0.05, 0.1) is 11.1 Å². The molecular formula is C19H25N3O3. The number of ether oxygens (including phenoxy) is 1. The van der Waals surface area contributed by atoms with Crippen molar-refractivity contribution in [3.63, 3.8) is 0 Å². The zero-order valence-corrected chi connectivity index (χ0v) is 15.1. The quantitative estimate of drug-likeness (QED) is 0.627. The third-order valence-electron chi connectivity index (χ3n) is 3.46. The fourth-order valence-electron chi connectivity index (χ4n) is 1.78. The number of nitriles is 1. The van der Waals surface area contributed by atoms with Gasteiger partial charge in [-0.05, 0) is 32.0 Å². The first-order chi connectivity index (χ1) is 11.7. The molecule has 0 saturated heterocycles. The second kappa shape index (κ2) is 9.08. The van der Waals surface area contributed by atoms with E-state index in [2.05, 4.69) is 16.6 Å². The Labute approximate surface area is 149 Å². The van der Waals surface area contributed by atoms with Gasteiger partial charge in [-0.25, -0.2) is 0 Å². The molecule has 1 unspecified atom stereocenters. The standard InChI is InChI=1S/C19H25N3O3/c1-6-19(4,5)21-11-16(23)12-25-17-8-7-15(9-14(17)10-20)22-18(24)13(2)3/h1,7-9,13,16,21,23H,11-12H2,2-5H3,(H,22,24). The average Bonchev–Trinajstić information content (AvgIpc) is 2.58. The van der Waals surface area contributed by atoms with E-state index in [9.17, 15) is 15.2 Å². The summed E-state index contributed by atoms with van der Waals surface area (Å²) in [4.78, 5) is 11.7. The van der Waals surface area contributed by atoms with Crippen molar-refractivity contribution >= 4 is 11.6 Å². The van der Waals surface area contributed by atoms with Gasteiger partial charge in [-0.1, -0.05) is 19.8 Å². The van der Waals surface area contributed by atoms with Crippen molar-refractivity contribution < 1.29 is 14.6 Å². The van der Waals surface area contributed by atoms with Gasteiger partial charge in [-0.3, -0.25) is 10.1 Å². The molecule has 3 N–H and O–H groups in total. The second-order valence-electron chi connectivity index (χ2n) is 6.58. The van der Waals surface area contributed by atoms with Crippen LogP contribution in [0.4, 0.5) is 5.69 Å². The fourth-order valence-corrected chi connectivity index (χ4v) is 1.78. The van der Waals surface area contributed by atoms with E-state index in [1.165, 1.54) is 0 Å². The average molecular weight is 343 g/mol. The number of terminal acetylenes is 1. The predicted molar refractivity (Wildman–Crippen MR) is 97.0 cm³/mol. The van der Waals surface area contributed by atoms with Gasteiger partial charge < -0.3 is 15.2 Å². The van der Waals surface area contributed by atoms with Crippen molar-refractivity contribution in [2.75, 3.05) is 18.5 Å². The largest absolute Gasteiger partial charge is 0.489 e. The van der Waals surface area contributed by atoms with Crippen LogP contribution in [0.25, 0.3) is 0 Å². The minimum absolute atomic E-state index is 0.0139. The number of carbonyl (C=O) groups excluding carboxylic acids is 1. The number of amides is 1. The maximum absolute atomic E-state index is 11.7. The van der Waals surface area contributed by atoms with E-state index < -0.39 is 11.6 Å². The minimum atomic E-state index is -0.778. The van der Waals surface area contributed by atoms with Crippen LogP contribution in [0.2, 0.25) is 0 Å². The summed E-state index contributed by atoms with van der Waals surface area (Å²) >= 11 is 0. The van der Waals surface area contributed by atoms with Crippen LogP contribution in [0.3, 0.4) is 0 Å². The minimum Gasteiger partial charge on any atom is -0.489 e. The Morgan fingerprint density at radius 2 is 2.12 bits per heavy atom. The van der Waals surface area contributed by atoms with E-state index in [0.29, 0.717) is 11.4 Å². The monoisotopic (exact) mass is 343 g/mol. The Hall–Kier alpha value is -2.54. The van der Waals surface area contributed by atoms with Crippen molar-refractivity contribution in [1.29, 1.82) is 5.26 Å². The number of aliphatic hydroxyl groups is 1. The zero-order chi connectivity index (χ0) is 19.0. The van der Waals surface area contributed by atoms with Gasteiger partial charge >= 0.3 is 0 Å². The summed E-state index contributed by atoms with van der Waals surface area (Å²) in [7, 11) is 0. The molecule has 0 radical (unpaired) electrons. The van der Waals surface area contributed by atoms with E-state index in [4.69, 9.17) is 11.2 Å². The van der Waals surface area contributed by atoms with Crippen molar-refractivity contribution in [2.24, 2.45) is 5.92 Å². The highest BCUT2D eigenvalue weighted by atomic mass is 16.5. The summed E-state index contributed by atoms with van der Waals surface area (Å²) < 4.78 is 5.52. The Morgan fingerprint density at radius 1 is 1.44 bits per heavy atom. The van der Waals surface area contributed by atoms with Crippen LogP contribution in [0.1, 0.15) is 33.3 Å². The molecule has 0 aliphatic rings. The molecule has 6 heteroatoms. The molecule has 0 spiro atoms. The molecule has 1 rings (SSSR count). The lowest BCUT2D eigenvalue weighted by Crippen LogP contribution is -2.43. The molecule has 0 bridgehead atoms. The number of rotatable bonds is 8. The summed E-state index contributed by atoms with van der Waals surface area (Å²) in [5, 5.41) is 25.0. The highest BCUT2D eigenvalue weighted by molar-refractivity contribution is 5.92. The molecule has 6 nitrogen and oxygen atoms in total. The number of nitrogens with zero attached hydrogens (tertiary/aromatic N) is 1. The van der Waals surface area contributed by atoms with Gasteiger partial charge in [0.2, 0.25) is 5.91 Å². The second-order valence-corrected chi connectivity index (χ2v) is 6.58. The molecule has 0 heterocycles. The molecule has 0 aromatic heterocycles. The van der Waals surface area contributed by atoms with Gasteiger partial charge in [-0.2, -0.15) is 5.26 Å². The molecule has 0 aliphatic carbocycles. The SMILES string of the molecule is C#CC(C)(C)NCC(O)COc1ccc(NC(=O)C(C)C)cc1C#N. The van der Waals surface area contributed by atoms with Crippen LogP contribution in [-0.2, 0) is 4.79 Å². The first-order valence-corrected chi connectivity index (χ1v) is 8.07. The number of anilines is 1. The Kier molecular flexibility index (Phi) is 7.44. The molecule has 0 fully saturated rings. The van der Waals surface area contributed by atoms with E-state index >= 15 is 0 Å². The fraction of sp³-hybridized carbons (Fsp3) is 0.474. The highest BCUT2D eigenvalue weighted by Crippen LogP contribution is 2.22. The lowest BCUT2D eigenvalue weighted by Gasteiger charge is -2.22. The smallest absolute Gasteiger partial charge is 0.226 e. The number of aliphatic hydroxyl groups excluding tert-OH is 1. The number of hydrogen-bond acceptors (Lipinski definition) is 5. The number of hydrogen-bond donors (Lipinski definition) is 3. The molecule has 1 aromatic carbocycles. The van der Waals surface area contributed by atoms with E-state index in [1.54, 1.807) is 32.0 Å². The summed E-state index contributed by atoms with van der Waals surface area (Å²) in [6.45, 7) is 7.52. The summed E-state index contributed by atoms with van der Waals surface area (Å²) in [6.07, 6.45) is 4.59. The van der Waals surface area contributed by atoms with Crippen molar-refractivity contribution in [2.45, 2.75) is 39.3 Å². The predicted octanol–water partition coefficient (Wildman–Crippen LogP) is 1.89. The van der Waals surface area contributed by atoms with Crippen LogP contribution < -0.4 is 15.4 Å². The van der Waals surface area contributed by atoms with Gasteiger partial charge in [0, 0.05) is 18.2 Å². The number of carbonyl (C=O) groups is 1. The molecule has 1 atom stereocenters. The van der Waals surface area contributed by atoms with Crippen LogP contribution in [0.5, 0.6) is 5.75 Å². The summed E-state index contributed by atoms with van der Waals surface area (Å²) in [6, 6.07) is 6.82. The van der Waals surface area contributed by atoms with E-state index in [1.807, 2.05) is 19.9 Å².